The molecule has 2 aromatic carbocycles. The summed E-state index contributed by atoms with van der Waals surface area (Å²) in [6.45, 7) is 7.72. The highest BCUT2D eigenvalue weighted by Crippen LogP contribution is 2.43. The van der Waals surface area contributed by atoms with Crippen molar-refractivity contribution in [2.24, 2.45) is 5.41 Å². The monoisotopic (exact) mass is 446 g/mol. The molecule has 0 saturated heterocycles. The Morgan fingerprint density at radius 1 is 1.00 bits per heavy atom. The molecule has 2 aliphatic heterocycles. The van der Waals surface area contributed by atoms with Crippen LogP contribution < -0.4 is 10.6 Å². The highest BCUT2D eigenvalue weighted by Gasteiger charge is 2.37. The van der Waals surface area contributed by atoms with Crippen LogP contribution in [0.1, 0.15) is 43.9 Å². The van der Waals surface area contributed by atoms with Crippen LogP contribution >= 0.6 is 0 Å². The maximum atomic E-state index is 3.76. The van der Waals surface area contributed by atoms with Gasteiger partial charge in [0.2, 0.25) is 0 Å². The van der Waals surface area contributed by atoms with Gasteiger partial charge in [-0.1, -0.05) is 103 Å². The van der Waals surface area contributed by atoms with Crippen molar-refractivity contribution in [3.63, 3.8) is 0 Å². The van der Waals surface area contributed by atoms with Crippen LogP contribution in [0.5, 0.6) is 0 Å². The number of hydrogen-bond acceptors (Lipinski definition) is 2. The number of dihydropyridines is 2. The molecule has 2 heteroatoms. The Morgan fingerprint density at radius 2 is 1.79 bits per heavy atom. The van der Waals surface area contributed by atoms with E-state index in [1.807, 2.05) is 0 Å². The summed E-state index contributed by atoms with van der Waals surface area (Å²) in [4.78, 5) is 0. The summed E-state index contributed by atoms with van der Waals surface area (Å²) < 4.78 is 0. The van der Waals surface area contributed by atoms with Crippen LogP contribution in [-0.2, 0) is 6.42 Å². The summed E-state index contributed by atoms with van der Waals surface area (Å²) >= 11 is 0. The summed E-state index contributed by atoms with van der Waals surface area (Å²) in [6.07, 6.45) is 18.0. The van der Waals surface area contributed by atoms with Gasteiger partial charge in [0.1, 0.15) is 0 Å². The predicted octanol–water partition coefficient (Wildman–Crippen LogP) is 6.97. The quantitative estimate of drug-likeness (QED) is 0.518. The van der Waals surface area contributed by atoms with E-state index in [4.69, 9.17) is 0 Å². The van der Waals surface area contributed by atoms with E-state index in [1.165, 1.54) is 44.7 Å². The van der Waals surface area contributed by atoms with Gasteiger partial charge in [0.15, 0.2) is 0 Å². The maximum absolute atomic E-state index is 3.76. The number of allylic oxidation sites excluding steroid dienone is 7. The first-order valence-corrected chi connectivity index (χ1v) is 12.3. The molecule has 0 radical (unpaired) electrons. The van der Waals surface area contributed by atoms with Gasteiger partial charge in [0.05, 0.1) is 6.04 Å². The van der Waals surface area contributed by atoms with Crippen molar-refractivity contribution < 1.29 is 0 Å². The molecule has 0 aromatic heterocycles. The molecule has 0 bridgehead atoms. The van der Waals surface area contributed by atoms with Crippen LogP contribution in [0.3, 0.4) is 0 Å². The second-order valence-corrected chi connectivity index (χ2v) is 9.88. The molecule has 2 heterocycles. The van der Waals surface area contributed by atoms with Crippen molar-refractivity contribution in [3.8, 4) is 0 Å². The molecule has 2 N–H and O–H groups in total. The molecule has 2 unspecified atom stereocenters. The molecule has 0 fully saturated rings. The fourth-order valence-corrected chi connectivity index (χ4v) is 5.35. The average molecular weight is 447 g/mol. The van der Waals surface area contributed by atoms with Gasteiger partial charge in [0.25, 0.3) is 0 Å². The third-order valence-corrected chi connectivity index (χ3v) is 7.51. The van der Waals surface area contributed by atoms with E-state index in [-0.39, 0.29) is 11.5 Å². The number of hydrogen-bond donors (Lipinski definition) is 2. The highest BCUT2D eigenvalue weighted by atomic mass is 14.9. The Morgan fingerprint density at radius 3 is 2.59 bits per heavy atom. The topological polar surface area (TPSA) is 24.1 Å². The molecule has 5 rings (SSSR count). The summed E-state index contributed by atoms with van der Waals surface area (Å²) in [5.41, 5.74) is 10.6. The minimum atomic E-state index is 0.00599. The van der Waals surface area contributed by atoms with Crippen LogP contribution in [0.15, 0.2) is 114 Å². The lowest BCUT2D eigenvalue weighted by atomic mass is 9.67. The predicted molar refractivity (Wildman–Crippen MR) is 145 cm³/mol. The summed E-state index contributed by atoms with van der Waals surface area (Å²) in [6, 6.07) is 19.8. The SMILES string of the molecule is CC1=CCNC(c2ccccc2CC2=CC=CCC2(C)C2C=C(C)C(c3ccccc3)=CN2)=C1. The number of rotatable bonds is 5. The Labute approximate surface area is 204 Å². The van der Waals surface area contributed by atoms with Crippen molar-refractivity contribution in [2.75, 3.05) is 6.54 Å². The van der Waals surface area contributed by atoms with Gasteiger partial charge in [-0.2, -0.15) is 0 Å². The third-order valence-electron chi connectivity index (χ3n) is 7.51. The molecule has 0 amide bonds. The van der Waals surface area contributed by atoms with Crippen molar-refractivity contribution in [2.45, 2.75) is 39.7 Å². The van der Waals surface area contributed by atoms with E-state index in [0.717, 1.165) is 19.4 Å². The van der Waals surface area contributed by atoms with E-state index in [1.54, 1.807) is 0 Å². The molecule has 2 nitrogen and oxygen atoms in total. The van der Waals surface area contributed by atoms with E-state index in [2.05, 4.69) is 129 Å². The lowest BCUT2D eigenvalue weighted by Gasteiger charge is -2.42. The van der Waals surface area contributed by atoms with E-state index >= 15 is 0 Å². The second-order valence-electron chi connectivity index (χ2n) is 9.88. The van der Waals surface area contributed by atoms with Crippen molar-refractivity contribution in [3.05, 3.63) is 131 Å². The van der Waals surface area contributed by atoms with Crippen LogP contribution in [0.4, 0.5) is 0 Å². The molecular weight excluding hydrogens is 412 g/mol. The first-order chi connectivity index (χ1) is 16.5. The van der Waals surface area contributed by atoms with Gasteiger partial charge in [-0.25, -0.2) is 0 Å². The van der Waals surface area contributed by atoms with Crippen LogP contribution in [0.2, 0.25) is 0 Å². The molecule has 0 saturated carbocycles. The van der Waals surface area contributed by atoms with Crippen molar-refractivity contribution in [1.29, 1.82) is 0 Å². The zero-order chi connectivity index (χ0) is 23.5. The number of nitrogens with one attached hydrogen (secondary N) is 2. The van der Waals surface area contributed by atoms with Crippen LogP contribution in [-0.4, -0.2) is 12.6 Å². The molecule has 2 aromatic rings. The third kappa shape index (κ3) is 4.33. The molecule has 1 aliphatic carbocycles. The smallest absolute Gasteiger partial charge is 0.0539 e. The van der Waals surface area contributed by atoms with E-state index in [9.17, 15) is 0 Å². The fourth-order valence-electron chi connectivity index (χ4n) is 5.35. The minimum absolute atomic E-state index is 0.00599. The Kier molecular flexibility index (Phi) is 6.15. The van der Waals surface area contributed by atoms with Crippen molar-refractivity contribution in [1.82, 2.24) is 10.6 Å². The molecule has 0 spiro atoms. The van der Waals surface area contributed by atoms with E-state index < -0.39 is 0 Å². The zero-order valence-corrected chi connectivity index (χ0v) is 20.4. The summed E-state index contributed by atoms with van der Waals surface area (Å²) in [7, 11) is 0. The van der Waals surface area contributed by atoms with Gasteiger partial charge in [-0.3, -0.25) is 0 Å². The molecule has 2 atom stereocenters. The lowest BCUT2D eigenvalue weighted by molar-refractivity contribution is 0.318. The molecule has 34 heavy (non-hydrogen) atoms. The van der Waals surface area contributed by atoms with Crippen LogP contribution in [0, 0.1) is 5.41 Å². The Hall–Kier alpha value is -3.52. The van der Waals surface area contributed by atoms with Gasteiger partial charge in [-0.05, 0) is 49.5 Å². The van der Waals surface area contributed by atoms with Gasteiger partial charge >= 0.3 is 0 Å². The largest absolute Gasteiger partial charge is 0.383 e. The second kappa shape index (κ2) is 9.38. The summed E-state index contributed by atoms with van der Waals surface area (Å²) in [5.74, 6) is 0. The number of benzene rings is 2. The van der Waals surface area contributed by atoms with E-state index in [0.29, 0.717) is 0 Å². The minimum Gasteiger partial charge on any atom is -0.383 e. The standard InChI is InChI=1S/C32H34N2/c1-23-16-18-33-30(19-23)28-15-8-7-13-26(28)21-27-14-9-10-17-32(27,3)31-20-24(2)29(22-34-31)25-11-5-4-6-12-25/h4-16,19-20,22,31,33-34H,17-18,21H2,1-3H3. The summed E-state index contributed by atoms with van der Waals surface area (Å²) in [5, 5.41) is 7.34. The maximum Gasteiger partial charge on any atom is 0.0539 e. The van der Waals surface area contributed by atoms with Gasteiger partial charge in [-0.15, -0.1) is 0 Å². The highest BCUT2D eigenvalue weighted by molar-refractivity contribution is 5.79. The van der Waals surface area contributed by atoms with Crippen molar-refractivity contribution >= 4 is 11.3 Å². The normalized spacial score (nSPS) is 24.1. The van der Waals surface area contributed by atoms with Crippen LogP contribution in [0.25, 0.3) is 11.3 Å². The lowest BCUT2D eigenvalue weighted by Crippen LogP contribution is -2.44. The first-order valence-electron chi connectivity index (χ1n) is 12.3. The molecule has 3 aliphatic rings. The Balaban J connectivity index is 1.43. The zero-order valence-electron chi connectivity index (χ0n) is 20.4. The fraction of sp³-hybridized carbons (Fsp3) is 0.250. The first kappa shape index (κ1) is 22.3. The molecule has 172 valence electrons. The Bertz CT molecular complexity index is 1250. The average Bonchev–Trinajstić information content (AvgIpc) is 2.86. The molecular formula is C32H34N2. The van der Waals surface area contributed by atoms with Gasteiger partial charge < -0.3 is 10.6 Å². The van der Waals surface area contributed by atoms with Gasteiger partial charge in [0, 0.05) is 35.0 Å².